The highest BCUT2D eigenvalue weighted by Gasteiger charge is 2.42. The Balaban J connectivity index is 2.09. The third-order valence-electron chi connectivity index (χ3n) is 4.37. The largest absolute Gasteiger partial charge is 0.481 e. The van der Waals surface area contributed by atoms with Crippen molar-refractivity contribution in [3.8, 4) is 5.88 Å². The second-order valence-electron chi connectivity index (χ2n) is 5.51. The van der Waals surface area contributed by atoms with Crippen LogP contribution >= 0.6 is 0 Å². The second kappa shape index (κ2) is 5.06. The zero-order chi connectivity index (χ0) is 13.3. The number of nitrogens with two attached hydrogens (primary N) is 1. The fourth-order valence-corrected chi connectivity index (χ4v) is 3.02. The fourth-order valence-electron chi connectivity index (χ4n) is 3.02. The van der Waals surface area contributed by atoms with Gasteiger partial charge in [0.1, 0.15) is 6.33 Å². The Kier molecular flexibility index (Phi) is 3.41. The van der Waals surface area contributed by atoms with Gasteiger partial charge in [0.05, 0.1) is 12.8 Å². The van der Waals surface area contributed by atoms with Crippen LogP contribution in [0.25, 0.3) is 0 Å². The molecule has 0 aromatic carbocycles. The van der Waals surface area contributed by atoms with Crippen molar-refractivity contribution in [3.05, 3.63) is 17.6 Å². The molecule has 3 rings (SSSR count). The highest BCUT2D eigenvalue weighted by Crippen LogP contribution is 2.48. The molecule has 0 bridgehead atoms. The van der Waals surface area contributed by atoms with Gasteiger partial charge in [-0.2, -0.15) is 0 Å². The Morgan fingerprint density at radius 2 is 2.11 bits per heavy atom. The molecule has 0 atom stereocenters. The summed E-state index contributed by atoms with van der Waals surface area (Å²) in [7, 11) is 1.67. The number of rotatable bonds is 4. The van der Waals surface area contributed by atoms with Gasteiger partial charge >= 0.3 is 0 Å². The standard InChI is InChI=1S/C14H21N3O2/c1-18-13-11(12(10-2-3-10)16-9-17-13)14(8-15)4-6-19-7-5-14/h9-10H,2-8,15H2,1H3. The molecule has 0 amide bonds. The zero-order valence-corrected chi connectivity index (χ0v) is 11.4. The van der Waals surface area contributed by atoms with Crippen LogP contribution in [0.15, 0.2) is 6.33 Å². The van der Waals surface area contributed by atoms with E-state index in [0.29, 0.717) is 18.3 Å². The van der Waals surface area contributed by atoms with E-state index in [4.69, 9.17) is 15.2 Å². The van der Waals surface area contributed by atoms with E-state index in [1.165, 1.54) is 12.8 Å². The number of hydrogen-bond acceptors (Lipinski definition) is 5. The van der Waals surface area contributed by atoms with Crippen LogP contribution in [-0.2, 0) is 10.2 Å². The van der Waals surface area contributed by atoms with E-state index < -0.39 is 0 Å². The number of ether oxygens (including phenoxy) is 2. The van der Waals surface area contributed by atoms with E-state index in [0.717, 1.165) is 37.3 Å². The summed E-state index contributed by atoms with van der Waals surface area (Å²) in [4.78, 5) is 8.84. The number of aromatic nitrogens is 2. The fraction of sp³-hybridized carbons (Fsp3) is 0.714. The highest BCUT2D eigenvalue weighted by molar-refractivity contribution is 5.41. The van der Waals surface area contributed by atoms with Gasteiger partial charge in [-0.1, -0.05) is 0 Å². The van der Waals surface area contributed by atoms with Crippen molar-refractivity contribution < 1.29 is 9.47 Å². The van der Waals surface area contributed by atoms with E-state index >= 15 is 0 Å². The third kappa shape index (κ3) is 2.21. The normalized spacial score (nSPS) is 22.2. The maximum Gasteiger partial charge on any atom is 0.220 e. The molecule has 1 aromatic rings. The molecule has 104 valence electrons. The van der Waals surface area contributed by atoms with E-state index in [1.807, 2.05) is 0 Å². The van der Waals surface area contributed by atoms with Crippen molar-refractivity contribution in [1.29, 1.82) is 0 Å². The van der Waals surface area contributed by atoms with E-state index in [-0.39, 0.29) is 5.41 Å². The Bertz CT molecular complexity index is 454. The predicted molar refractivity (Wildman–Crippen MR) is 71.3 cm³/mol. The van der Waals surface area contributed by atoms with Crippen molar-refractivity contribution in [2.45, 2.75) is 37.0 Å². The molecule has 19 heavy (non-hydrogen) atoms. The Hall–Kier alpha value is -1.20. The quantitative estimate of drug-likeness (QED) is 0.888. The number of hydrogen-bond donors (Lipinski definition) is 1. The molecule has 2 fully saturated rings. The molecule has 5 heteroatoms. The summed E-state index contributed by atoms with van der Waals surface area (Å²) in [6.07, 6.45) is 5.88. The van der Waals surface area contributed by atoms with Crippen LogP contribution in [0.4, 0.5) is 0 Å². The van der Waals surface area contributed by atoms with Gasteiger partial charge in [-0.15, -0.1) is 0 Å². The van der Waals surface area contributed by atoms with Gasteiger partial charge in [0, 0.05) is 36.7 Å². The van der Waals surface area contributed by atoms with Gasteiger partial charge < -0.3 is 15.2 Å². The molecule has 1 saturated heterocycles. The summed E-state index contributed by atoms with van der Waals surface area (Å²) < 4.78 is 11.0. The Morgan fingerprint density at radius 1 is 1.37 bits per heavy atom. The minimum absolute atomic E-state index is 0.0806. The molecular weight excluding hydrogens is 242 g/mol. The van der Waals surface area contributed by atoms with Crippen LogP contribution in [0, 0.1) is 0 Å². The van der Waals surface area contributed by atoms with E-state index in [9.17, 15) is 0 Å². The van der Waals surface area contributed by atoms with Crippen LogP contribution in [0.2, 0.25) is 0 Å². The van der Waals surface area contributed by atoms with Crippen molar-refractivity contribution in [2.24, 2.45) is 5.73 Å². The average Bonchev–Trinajstić information content (AvgIpc) is 3.32. The average molecular weight is 263 g/mol. The first-order chi connectivity index (χ1) is 9.30. The minimum Gasteiger partial charge on any atom is -0.481 e. The summed E-state index contributed by atoms with van der Waals surface area (Å²) in [5.74, 6) is 1.27. The smallest absolute Gasteiger partial charge is 0.220 e. The first-order valence-electron chi connectivity index (χ1n) is 6.98. The first kappa shape index (κ1) is 12.8. The van der Waals surface area contributed by atoms with Gasteiger partial charge in [-0.3, -0.25) is 0 Å². The Labute approximate surface area is 113 Å². The maximum absolute atomic E-state index is 6.12. The summed E-state index contributed by atoms with van der Waals surface area (Å²) in [5.41, 5.74) is 8.33. The van der Waals surface area contributed by atoms with Crippen LogP contribution in [0.5, 0.6) is 5.88 Å². The lowest BCUT2D eigenvalue weighted by molar-refractivity contribution is 0.0514. The summed E-state index contributed by atoms with van der Waals surface area (Å²) >= 11 is 0. The summed E-state index contributed by atoms with van der Waals surface area (Å²) in [5, 5.41) is 0. The topological polar surface area (TPSA) is 70.3 Å². The van der Waals surface area contributed by atoms with Crippen LogP contribution in [0.3, 0.4) is 0 Å². The lowest BCUT2D eigenvalue weighted by atomic mass is 9.73. The SMILES string of the molecule is COc1ncnc(C2CC2)c1C1(CN)CCOCC1. The van der Waals surface area contributed by atoms with Gasteiger partial charge in [-0.05, 0) is 25.7 Å². The van der Waals surface area contributed by atoms with E-state index in [2.05, 4.69) is 9.97 Å². The molecular formula is C14H21N3O2. The molecule has 1 saturated carbocycles. The first-order valence-corrected chi connectivity index (χ1v) is 6.98. The molecule has 2 heterocycles. The molecule has 0 spiro atoms. The number of nitrogens with zero attached hydrogens (tertiary/aromatic N) is 2. The molecule has 5 nitrogen and oxygen atoms in total. The maximum atomic E-state index is 6.12. The van der Waals surface area contributed by atoms with Gasteiger partial charge in [0.15, 0.2) is 0 Å². The van der Waals surface area contributed by atoms with Crippen molar-refractivity contribution in [1.82, 2.24) is 9.97 Å². The number of methoxy groups -OCH3 is 1. The van der Waals surface area contributed by atoms with Crippen molar-refractivity contribution in [2.75, 3.05) is 26.9 Å². The molecule has 2 N–H and O–H groups in total. The second-order valence-corrected chi connectivity index (χ2v) is 5.51. The lowest BCUT2D eigenvalue weighted by Gasteiger charge is -2.37. The summed E-state index contributed by atoms with van der Waals surface area (Å²) in [6, 6.07) is 0. The van der Waals surface area contributed by atoms with Crippen LogP contribution in [-0.4, -0.2) is 36.8 Å². The molecule has 0 radical (unpaired) electrons. The molecule has 1 aliphatic carbocycles. The van der Waals surface area contributed by atoms with E-state index in [1.54, 1.807) is 13.4 Å². The Morgan fingerprint density at radius 3 is 2.68 bits per heavy atom. The van der Waals surface area contributed by atoms with Crippen molar-refractivity contribution in [3.63, 3.8) is 0 Å². The molecule has 1 aromatic heterocycles. The molecule has 2 aliphatic rings. The predicted octanol–water partition coefficient (Wildman–Crippen LogP) is 1.37. The lowest BCUT2D eigenvalue weighted by Crippen LogP contribution is -2.42. The van der Waals surface area contributed by atoms with Gasteiger partial charge in [0.2, 0.25) is 5.88 Å². The van der Waals surface area contributed by atoms with Crippen LogP contribution in [0.1, 0.15) is 42.9 Å². The van der Waals surface area contributed by atoms with Gasteiger partial charge in [0.25, 0.3) is 0 Å². The van der Waals surface area contributed by atoms with Crippen molar-refractivity contribution >= 4 is 0 Å². The molecule has 1 aliphatic heterocycles. The molecule has 0 unspecified atom stereocenters. The monoisotopic (exact) mass is 263 g/mol. The van der Waals surface area contributed by atoms with Crippen LogP contribution < -0.4 is 10.5 Å². The minimum atomic E-state index is -0.0806. The third-order valence-corrected chi connectivity index (χ3v) is 4.37. The van der Waals surface area contributed by atoms with Gasteiger partial charge in [-0.25, -0.2) is 9.97 Å². The highest BCUT2D eigenvalue weighted by atomic mass is 16.5. The summed E-state index contributed by atoms with van der Waals surface area (Å²) in [6.45, 7) is 2.10. The zero-order valence-electron chi connectivity index (χ0n) is 11.4.